The lowest BCUT2D eigenvalue weighted by Gasteiger charge is -2.40. The van der Waals surface area contributed by atoms with E-state index in [-0.39, 0.29) is 22.9 Å². The Hall–Kier alpha value is -2.75. The molecule has 8 nitrogen and oxygen atoms in total. The summed E-state index contributed by atoms with van der Waals surface area (Å²) in [5.74, 6) is -0.725. The molecular formula is C22H19ClN2O6. The monoisotopic (exact) mass is 442 g/mol. The van der Waals surface area contributed by atoms with Crippen molar-refractivity contribution in [3.63, 3.8) is 0 Å². The van der Waals surface area contributed by atoms with Crippen LogP contribution in [0.25, 0.3) is 10.9 Å². The zero-order valence-electron chi connectivity index (χ0n) is 16.3. The minimum Gasteiger partial charge on any atom is -0.494 e. The number of aliphatic hydroxyl groups is 3. The maximum atomic E-state index is 13.1. The lowest BCUT2D eigenvalue weighted by atomic mass is 9.99. The van der Waals surface area contributed by atoms with Crippen LogP contribution in [0.4, 0.5) is 5.69 Å². The van der Waals surface area contributed by atoms with Gasteiger partial charge in [-0.15, -0.1) is 0 Å². The average molecular weight is 443 g/mol. The molecule has 0 spiro atoms. The number of fused-ring (bicyclic) bond motifs is 2. The smallest absolute Gasteiger partial charge is 0.214 e. The highest BCUT2D eigenvalue weighted by atomic mass is 35.5. The van der Waals surface area contributed by atoms with Crippen molar-refractivity contribution in [2.24, 2.45) is 4.99 Å². The van der Waals surface area contributed by atoms with Crippen LogP contribution >= 0.6 is 11.6 Å². The van der Waals surface area contributed by atoms with Gasteiger partial charge in [0.1, 0.15) is 24.0 Å². The van der Waals surface area contributed by atoms with Gasteiger partial charge in [0, 0.05) is 10.4 Å². The Balaban J connectivity index is 1.69. The van der Waals surface area contributed by atoms with Crippen molar-refractivity contribution in [2.75, 3.05) is 0 Å². The van der Waals surface area contributed by atoms with Crippen LogP contribution in [0.3, 0.4) is 0 Å². The van der Waals surface area contributed by atoms with E-state index in [1.807, 2.05) is 0 Å². The SMILES string of the molecule is C[C@@H]1O[C@@H](n2c(O)c(C3=Nc4ccc(Cl)cc4C3=O)c3ccccc32)[C@H](O)[C@H](O)[C@H]1O. The lowest BCUT2D eigenvalue weighted by Crippen LogP contribution is -2.54. The van der Waals surface area contributed by atoms with Crippen molar-refractivity contribution in [2.45, 2.75) is 37.6 Å². The fourth-order valence-corrected chi connectivity index (χ4v) is 4.41. The van der Waals surface area contributed by atoms with Crippen molar-refractivity contribution in [3.05, 3.63) is 58.6 Å². The first-order valence-electron chi connectivity index (χ1n) is 9.74. The first kappa shape index (κ1) is 20.2. The molecule has 5 atom stereocenters. The van der Waals surface area contributed by atoms with Crippen molar-refractivity contribution < 1.29 is 30.0 Å². The second kappa shape index (κ2) is 7.15. The summed E-state index contributed by atoms with van der Waals surface area (Å²) < 4.78 is 7.05. The maximum absolute atomic E-state index is 13.1. The fourth-order valence-electron chi connectivity index (χ4n) is 4.24. The van der Waals surface area contributed by atoms with Crippen molar-refractivity contribution in [3.8, 4) is 5.88 Å². The number of rotatable bonds is 2. The van der Waals surface area contributed by atoms with Crippen LogP contribution in [0, 0.1) is 0 Å². The van der Waals surface area contributed by atoms with E-state index >= 15 is 0 Å². The Labute approximate surface area is 181 Å². The summed E-state index contributed by atoms with van der Waals surface area (Å²) in [6.45, 7) is 1.56. The number of Topliss-reactive ketones (excluding diaryl/α,β-unsaturated/α-hetero) is 1. The number of nitrogens with zero attached hydrogens (tertiary/aromatic N) is 2. The molecule has 160 valence electrons. The summed E-state index contributed by atoms with van der Waals surface area (Å²) in [6.07, 6.45) is -6.27. The molecule has 0 amide bonds. The molecule has 0 aliphatic carbocycles. The Morgan fingerprint density at radius 2 is 1.81 bits per heavy atom. The summed E-state index contributed by atoms with van der Waals surface area (Å²) in [4.78, 5) is 17.5. The zero-order chi connectivity index (χ0) is 22.0. The van der Waals surface area contributed by atoms with E-state index in [9.17, 15) is 25.2 Å². The second-order valence-electron chi connectivity index (χ2n) is 7.74. The molecule has 0 bridgehead atoms. The summed E-state index contributed by atoms with van der Waals surface area (Å²) in [5, 5.41) is 43.0. The Morgan fingerprint density at radius 1 is 1.06 bits per heavy atom. The number of hydrogen-bond donors (Lipinski definition) is 4. The van der Waals surface area contributed by atoms with Gasteiger partial charge in [-0.1, -0.05) is 29.8 Å². The summed E-state index contributed by atoms with van der Waals surface area (Å²) in [6, 6.07) is 11.7. The number of aliphatic hydroxyl groups excluding tert-OH is 3. The van der Waals surface area contributed by atoms with Gasteiger partial charge in [0.25, 0.3) is 0 Å². The van der Waals surface area contributed by atoms with Crippen molar-refractivity contribution >= 4 is 39.7 Å². The number of carbonyl (C=O) groups is 1. The third-order valence-corrected chi connectivity index (χ3v) is 6.09. The number of aromatic nitrogens is 1. The molecule has 31 heavy (non-hydrogen) atoms. The van der Waals surface area contributed by atoms with E-state index in [2.05, 4.69) is 4.99 Å². The molecule has 4 N–H and O–H groups in total. The molecule has 3 aromatic rings. The van der Waals surface area contributed by atoms with Crippen LogP contribution in [-0.2, 0) is 4.74 Å². The highest BCUT2D eigenvalue weighted by Gasteiger charge is 2.44. The maximum Gasteiger partial charge on any atom is 0.214 e. The molecule has 3 heterocycles. The van der Waals surface area contributed by atoms with Gasteiger partial charge in [-0.05, 0) is 31.2 Å². The van der Waals surface area contributed by atoms with Crippen LogP contribution < -0.4 is 0 Å². The highest BCUT2D eigenvalue weighted by molar-refractivity contribution is 6.57. The predicted molar refractivity (Wildman–Crippen MR) is 113 cm³/mol. The Bertz CT molecular complexity index is 1250. The average Bonchev–Trinajstić information content (AvgIpc) is 3.22. The Kier molecular flexibility index (Phi) is 4.65. The third kappa shape index (κ3) is 2.91. The number of hydrogen-bond acceptors (Lipinski definition) is 7. The number of para-hydroxylation sites is 1. The molecule has 0 saturated carbocycles. The molecule has 0 radical (unpaired) electrons. The quantitative estimate of drug-likeness (QED) is 0.482. The van der Waals surface area contributed by atoms with E-state index in [1.165, 1.54) is 10.6 Å². The molecule has 1 saturated heterocycles. The van der Waals surface area contributed by atoms with Gasteiger partial charge in [-0.3, -0.25) is 9.36 Å². The molecule has 2 aliphatic rings. The minimum atomic E-state index is -1.52. The second-order valence-corrected chi connectivity index (χ2v) is 8.18. The third-order valence-electron chi connectivity index (χ3n) is 5.85. The van der Waals surface area contributed by atoms with Gasteiger partial charge >= 0.3 is 0 Å². The molecular weight excluding hydrogens is 424 g/mol. The summed E-state index contributed by atoms with van der Waals surface area (Å²) >= 11 is 6.02. The van der Waals surface area contributed by atoms with Gasteiger partial charge in [0.05, 0.1) is 28.4 Å². The molecule has 2 aliphatic heterocycles. The van der Waals surface area contributed by atoms with Crippen molar-refractivity contribution in [1.29, 1.82) is 0 Å². The number of benzene rings is 2. The summed E-state index contributed by atoms with van der Waals surface area (Å²) in [5.41, 5.74) is 1.49. The molecule has 9 heteroatoms. The van der Waals surface area contributed by atoms with E-state index in [0.717, 1.165) is 0 Å². The minimum absolute atomic E-state index is 0.0450. The van der Waals surface area contributed by atoms with E-state index < -0.39 is 30.6 Å². The van der Waals surface area contributed by atoms with Gasteiger partial charge in [0.2, 0.25) is 11.7 Å². The van der Waals surface area contributed by atoms with Crippen molar-refractivity contribution in [1.82, 2.24) is 4.57 Å². The molecule has 2 aromatic carbocycles. The van der Waals surface area contributed by atoms with Gasteiger partial charge in [-0.2, -0.15) is 0 Å². The summed E-state index contributed by atoms with van der Waals surface area (Å²) in [7, 11) is 0. The standard InChI is InChI=1S/C22H19ClN2O6/c1-9-17(26)19(28)20(29)22(31-9)25-14-5-3-2-4-11(14)15(21(25)30)16-18(27)12-8-10(23)6-7-13(12)24-16/h2-9,17,19-20,22,26,28-30H,1H3/t9-,17-,19+,20+,22+/m0/s1. The topological polar surface area (TPSA) is 125 Å². The van der Waals surface area contributed by atoms with Gasteiger partial charge in [-0.25, -0.2) is 4.99 Å². The van der Waals surface area contributed by atoms with Gasteiger partial charge in [0.15, 0.2) is 6.23 Å². The Morgan fingerprint density at radius 3 is 2.58 bits per heavy atom. The predicted octanol–water partition coefficient (Wildman–Crippen LogP) is 2.32. The molecule has 5 rings (SSSR count). The van der Waals surface area contributed by atoms with Crippen LogP contribution in [0.1, 0.15) is 29.1 Å². The first-order valence-corrected chi connectivity index (χ1v) is 10.1. The zero-order valence-corrected chi connectivity index (χ0v) is 17.1. The number of aliphatic imine (C=N–C) groups is 1. The largest absolute Gasteiger partial charge is 0.494 e. The van der Waals surface area contributed by atoms with Gasteiger partial charge < -0.3 is 25.2 Å². The lowest BCUT2D eigenvalue weighted by molar-refractivity contribution is -0.239. The van der Waals surface area contributed by atoms with Crippen LogP contribution in [0.2, 0.25) is 5.02 Å². The molecule has 1 aromatic heterocycles. The van der Waals surface area contributed by atoms with Crippen LogP contribution in [0.5, 0.6) is 5.88 Å². The fraction of sp³-hybridized carbons (Fsp3) is 0.273. The van der Waals surface area contributed by atoms with E-state index in [0.29, 0.717) is 27.2 Å². The van der Waals surface area contributed by atoms with Crippen LogP contribution in [-0.4, -0.2) is 60.9 Å². The van der Waals surface area contributed by atoms with E-state index in [4.69, 9.17) is 16.3 Å². The molecule has 0 unspecified atom stereocenters. The first-order chi connectivity index (χ1) is 14.8. The number of ether oxygens (including phenoxy) is 1. The normalized spacial score (nSPS) is 28.1. The number of carbonyl (C=O) groups excluding carboxylic acids is 1. The number of aromatic hydroxyl groups is 1. The number of halogens is 1. The number of ketones is 1. The molecule has 1 fully saturated rings. The highest BCUT2D eigenvalue weighted by Crippen LogP contribution is 2.42. The van der Waals surface area contributed by atoms with E-state index in [1.54, 1.807) is 43.3 Å². The van der Waals surface area contributed by atoms with Crippen LogP contribution in [0.15, 0.2) is 47.5 Å².